The minimum absolute atomic E-state index is 0.0192. The van der Waals surface area contributed by atoms with Gasteiger partial charge in [-0.2, -0.15) is 0 Å². The average molecular weight is 692 g/mol. The molecule has 270 valence electrons. The highest BCUT2D eigenvalue weighted by Crippen LogP contribution is 2.46. The molecule has 4 nitrogen and oxygen atoms in total. The Morgan fingerprint density at radius 2 is 1.00 bits per heavy atom. The van der Waals surface area contributed by atoms with Gasteiger partial charge in [0.1, 0.15) is 0 Å². The molecule has 0 amide bonds. The molecule has 5 heteroatoms. The van der Waals surface area contributed by atoms with Crippen molar-refractivity contribution in [1.82, 2.24) is 4.98 Å². The van der Waals surface area contributed by atoms with Gasteiger partial charge in [0.15, 0.2) is 0 Å². The molecule has 0 radical (unpaired) electrons. The predicted molar refractivity (Wildman–Crippen MR) is 224 cm³/mol. The third-order valence-corrected chi connectivity index (χ3v) is 10.9. The maximum atomic E-state index is 7.01. The van der Waals surface area contributed by atoms with Crippen molar-refractivity contribution in [3.63, 3.8) is 0 Å². The molecular weight excluding hydrogens is 633 g/mol. The van der Waals surface area contributed by atoms with Crippen LogP contribution >= 0.6 is 0 Å². The van der Waals surface area contributed by atoms with E-state index in [9.17, 15) is 0 Å². The van der Waals surface area contributed by atoms with E-state index in [1.165, 1.54) is 44.6 Å². The molecule has 0 aliphatic carbocycles. The van der Waals surface area contributed by atoms with Crippen LogP contribution in [0.25, 0.3) is 0 Å². The second-order valence-corrected chi connectivity index (χ2v) is 20.4. The van der Waals surface area contributed by atoms with Crippen LogP contribution in [0.5, 0.6) is 0 Å². The summed E-state index contributed by atoms with van der Waals surface area (Å²) >= 11 is 0. The van der Waals surface area contributed by atoms with Crippen LogP contribution in [0.2, 0.25) is 0 Å². The number of oxazole rings is 1. The molecule has 1 aromatic heterocycles. The Bertz CT molecular complexity index is 2140. The molecule has 3 heterocycles. The zero-order valence-corrected chi connectivity index (χ0v) is 34.3. The number of anilines is 6. The second-order valence-electron chi connectivity index (χ2n) is 20.4. The number of nitrogens with zero attached hydrogens (tertiary/aromatic N) is 3. The molecule has 0 unspecified atom stereocenters. The van der Waals surface area contributed by atoms with Gasteiger partial charge in [-0.25, -0.2) is 4.98 Å². The molecule has 0 atom stereocenters. The van der Waals surface area contributed by atoms with Gasteiger partial charge in [0.2, 0.25) is 11.8 Å². The first-order valence-corrected chi connectivity index (χ1v) is 19.1. The van der Waals surface area contributed by atoms with Gasteiger partial charge in [-0.1, -0.05) is 140 Å². The van der Waals surface area contributed by atoms with E-state index < -0.39 is 0 Å². The Labute approximate surface area is 313 Å². The average Bonchev–Trinajstić information content (AvgIpc) is 3.48. The summed E-state index contributed by atoms with van der Waals surface area (Å²) in [6.45, 7) is 34.1. The van der Waals surface area contributed by atoms with Crippen molar-refractivity contribution in [2.75, 3.05) is 9.80 Å². The van der Waals surface area contributed by atoms with E-state index in [1.54, 1.807) is 0 Å². The van der Waals surface area contributed by atoms with Crippen molar-refractivity contribution in [2.24, 2.45) is 0 Å². The quantitative estimate of drug-likeness (QED) is 0.169. The summed E-state index contributed by atoms with van der Waals surface area (Å²) in [6.07, 6.45) is 0. The molecule has 5 aromatic rings. The maximum Gasteiger partial charge on any atom is 0.279 e. The number of hydrogen-bond acceptors (Lipinski definition) is 4. The first-order chi connectivity index (χ1) is 23.9. The van der Waals surface area contributed by atoms with E-state index >= 15 is 0 Å². The van der Waals surface area contributed by atoms with Crippen molar-refractivity contribution in [2.45, 2.75) is 131 Å². The van der Waals surface area contributed by atoms with Gasteiger partial charge in [-0.3, -0.25) is 4.90 Å². The fraction of sp³-hybridized carbons (Fsp3) is 0.426. The molecule has 7 rings (SSSR count). The molecule has 0 fully saturated rings. The van der Waals surface area contributed by atoms with E-state index in [-0.39, 0.29) is 33.8 Å². The number of aromatic nitrogens is 1. The lowest BCUT2D eigenvalue weighted by Crippen LogP contribution is -2.62. The smallest absolute Gasteiger partial charge is 0.279 e. The Kier molecular flexibility index (Phi) is 8.08. The first-order valence-electron chi connectivity index (χ1n) is 19.1. The Morgan fingerprint density at radius 3 is 1.52 bits per heavy atom. The zero-order valence-electron chi connectivity index (χ0n) is 34.3. The van der Waals surface area contributed by atoms with Gasteiger partial charge in [0.05, 0.1) is 5.59 Å². The van der Waals surface area contributed by atoms with Crippen LogP contribution in [0.15, 0.2) is 83.3 Å². The molecule has 0 bridgehead atoms. The maximum absolute atomic E-state index is 7.01. The van der Waals surface area contributed by atoms with Crippen LogP contribution in [0, 0.1) is 0 Å². The normalized spacial score (nSPS) is 14.7. The van der Waals surface area contributed by atoms with Crippen LogP contribution in [0.1, 0.15) is 132 Å². The van der Waals surface area contributed by atoms with Gasteiger partial charge >= 0.3 is 0 Å². The standard InChI is InChI=1S/C47H58BN3O/c1-43(2,3)29-19-22-33(23-20-29)50-36-24-21-30(44(4,5)6)28-35(36)48-39-37(50)17-16-18-38(39)51(41-40(48)49-42(52-41)47(13,14)15)34-26-31(45(7,8)9)25-32(27-34)46(10,11)12/h16-28H,1-15H3. The Hall–Kier alpha value is -4.25. The third-order valence-electron chi connectivity index (χ3n) is 10.9. The van der Waals surface area contributed by atoms with Crippen molar-refractivity contribution in [3.8, 4) is 0 Å². The lowest BCUT2D eigenvalue weighted by atomic mass is 9.35. The number of benzene rings is 4. The molecule has 0 N–H and O–H groups in total. The van der Waals surface area contributed by atoms with E-state index in [0.717, 1.165) is 34.4 Å². The zero-order chi connectivity index (χ0) is 37.9. The van der Waals surface area contributed by atoms with Gasteiger partial charge in [-0.05, 0) is 97.3 Å². The highest BCUT2D eigenvalue weighted by atomic mass is 16.4. The molecule has 0 spiro atoms. The molecule has 4 aromatic carbocycles. The lowest BCUT2D eigenvalue weighted by Gasteiger charge is -2.42. The SMILES string of the molecule is CC(C)(C)c1ccc(N2c3ccc(C(C)(C)C)cc3B3c4nc(C(C)(C)C)oc4N(c4cc(C(C)(C)C)cc(C(C)(C)C)c4)c4cccc2c43)cc1. The van der Waals surface area contributed by atoms with Crippen molar-refractivity contribution < 1.29 is 4.42 Å². The minimum Gasteiger partial charge on any atom is -0.424 e. The molecule has 2 aliphatic rings. The highest BCUT2D eigenvalue weighted by Gasteiger charge is 2.47. The van der Waals surface area contributed by atoms with E-state index in [1.807, 2.05) is 0 Å². The summed E-state index contributed by atoms with van der Waals surface area (Å²) in [4.78, 5) is 10.3. The summed E-state index contributed by atoms with van der Waals surface area (Å²) < 4.78 is 7.01. The topological polar surface area (TPSA) is 32.5 Å². The summed E-state index contributed by atoms with van der Waals surface area (Å²) in [5.74, 6) is 1.58. The summed E-state index contributed by atoms with van der Waals surface area (Å²) in [6, 6.07) is 30.2. The van der Waals surface area contributed by atoms with Crippen molar-refractivity contribution in [3.05, 3.63) is 107 Å². The summed E-state index contributed by atoms with van der Waals surface area (Å²) in [5.41, 5.74) is 14.2. The number of rotatable bonds is 2. The predicted octanol–water partition coefficient (Wildman–Crippen LogP) is 11.2. The van der Waals surface area contributed by atoms with Gasteiger partial charge < -0.3 is 9.32 Å². The summed E-state index contributed by atoms with van der Waals surface area (Å²) in [5, 5.41) is 0. The van der Waals surface area contributed by atoms with Crippen LogP contribution in [0.4, 0.5) is 34.3 Å². The van der Waals surface area contributed by atoms with Gasteiger partial charge in [0.25, 0.3) is 6.71 Å². The lowest BCUT2D eigenvalue weighted by molar-refractivity contribution is 0.397. The Balaban J connectivity index is 1.57. The highest BCUT2D eigenvalue weighted by molar-refractivity contribution is 6.99. The van der Waals surface area contributed by atoms with E-state index in [0.29, 0.717) is 0 Å². The minimum atomic E-state index is -0.270. The largest absolute Gasteiger partial charge is 0.424 e. The van der Waals surface area contributed by atoms with Gasteiger partial charge in [-0.15, -0.1) is 0 Å². The molecule has 0 saturated carbocycles. The fourth-order valence-electron chi connectivity index (χ4n) is 7.61. The monoisotopic (exact) mass is 691 g/mol. The van der Waals surface area contributed by atoms with Crippen LogP contribution in [-0.4, -0.2) is 11.7 Å². The third kappa shape index (κ3) is 6.08. The van der Waals surface area contributed by atoms with Crippen molar-refractivity contribution >= 4 is 57.6 Å². The van der Waals surface area contributed by atoms with E-state index in [4.69, 9.17) is 9.40 Å². The summed E-state index contributed by atoms with van der Waals surface area (Å²) in [7, 11) is 0. The second kappa shape index (κ2) is 11.6. The molecule has 52 heavy (non-hydrogen) atoms. The first kappa shape index (κ1) is 36.1. The molecule has 0 saturated heterocycles. The van der Waals surface area contributed by atoms with Gasteiger partial charge in [0, 0.05) is 33.9 Å². The van der Waals surface area contributed by atoms with E-state index in [2.05, 4.69) is 193 Å². The molecule has 2 aliphatic heterocycles. The van der Waals surface area contributed by atoms with Crippen LogP contribution in [-0.2, 0) is 27.1 Å². The number of hydrogen-bond donors (Lipinski definition) is 0. The fourth-order valence-corrected chi connectivity index (χ4v) is 7.61. The molecular formula is C47H58BN3O. The Morgan fingerprint density at radius 1 is 0.481 bits per heavy atom. The van der Waals surface area contributed by atoms with Crippen LogP contribution in [0.3, 0.4) is 0 Å². The number of fused-ring (bicyclic) bond motifs is 4. The van der Waals surface area contributed by atoms with Crippen molar-refractivity contribution in [1.29, 1.82) is 0 Å². The van der Waals surface area contributed by atoms with Crippen LogP contribution < -0.4 is 26.3 Å².